The number of amides is 1. The first-order valence-electron chi connectivity index (χ1n) is 7.38. The van der Waals surface area contributed by atoms with Crippen LogP contribution in [0.3, 0.4) is 0 Å². The summed E-state index contributed by atoms with van der Waals surface area (Å²) in [6.45, 7) is 2.08. The molecular weight excluding hydrogens is 330 g/mol. The van der Waals surface area contributed by atoms with Crippen molar-refractivity contribution in [2.24, 2.45) is 0 Å². The topological polar surface area (TPSA) is 42.0 Å². The molecule has 1 N–H and O–H groups in total. The van der Waals surface area contributed by atoms with Gasteiger partial charge in [-0.2, -0.15) is 0 Å². The van der Waals surface area contributed by atoms with Gasteiger partial charge in [0.05, 0.1) is 5.69 Å². The Kier molecular flexibility index (Phi) is 4.66. The summed E-state index contributed by atoms with van der Waals surface area (Å²) in [6.07, 6.45) is 0.949. The number of carbonyl (C=O) groups is 1. The highest BCUT2D eigenvalue weighted by atomic mass is 32.1. The number of hydrogen-bond acceptors (Lipinski definition) is 3. The number of halogens is 2. The maximum Gasteiger partial charge on any atom is 0.275 e. The molecule has 0 aliphatic rings. The van der Waals surface area contributed by atoms with Crippen molar-refractivity contribution in [3.8, 4) is 10.6 Å². The van der Waals surface area contributed by atoms with Gasteiger partial charge in [-0.25, -0.2) is 13.8 Å². The summed E-state index contributed by atoms with van der Waals surface area (Å²) < 4.78 is 26.7. The van der Waals surface area contributed by atoms with Crippen molar-refractivity contribution in [2.45, 2.75) is 13.3 Å². The van der Waals surface area contributed by atoms with E-state index in [2.05, 4.69) is 17.2 Å². The molecular formula is C18H14F2N2OS. The van der Waals surface area contributed by atoms with Crippen LogP contribution in [0, 0.1) is 11.6 Å². The Hall–Kier alpha value is -2.60. The zero-order chi connectivity index (χ0) is 17.1. The van der Waals surface area contributed by atoms with Crippen LogP contribution < -0.4 is 5.32 Å². The molecule has 0 saturated heterocycles. The fourth-order valence-corrected chi connectivity index (χ4v) is 2.98. The normalized spacial score (nSPS) is 10.6. The maximum atomic E-state index is 13.6. The molecule has 0 spiro atoms. The Morgan fingerprint density at radius 2 is 1.92 bits per heavy atom. The van der Waals surface area contributed by atoms with E-state index in [4.69, 9.17) is 0 Å². The van der Waals surface area contributed by atoms with Crippen molar-refractivity contribution in [1.29, 1.82) is 0 Å². The molecule has 1 heterocycles. The van der Waals surface area contributed by atoms with Crippen molar-refractivity contribution in [1.82, 2.24) is 4.98 Å². The van der Waals surface area contributed by atoms with Crippen LogP contribution in [0.5, 0.6) is 0 Å². The third-order valence-corrected chi connectivity index (χ3v) is 4.41. The van der Waals surface area contributed by atoms with Crippen LogP contribution in [0.1, 0.15) is 23.0 Å². The average Bonchev–Trinajstić information content (AvgIpc) is 3.08. The van der Waals surface area contributed by atoms with Gasteiger partial charge in [-0.15, -0.1) is 11.3 Å². The van der Waals surface area contributed by atoms with Gasteiger partial charge in [0.1, 0.15) is 22.3 Å². The smallest absolute Gasteiger partial charge is 0.275 e. The molecule has 0 aliphatic heterocycles. The molecule has 1 amide bonds. The number of carbonyl (C=O) groups excluding carboxylic acids is 1. The van der Waals surface area contributed by atoms with Gasteiger partial charge in [0.2, 0.25) is 0 Å². The van der Waals surface area contributed by atoms with Gasteiger partial charge in [0.25, 0.3) is 5.91 Å². The molecule has 6 heteroatoms. The Bertz CT molecular complexity index is 875. The lowest BCUT2D eigenvalue weighted by molar-refractivity contribution is 0.102. The van der Waals surface area contributed by atoms with Crippen LogP contribution in [0.4, 0.5) is 14.5 Å². The van der Waals surface area contributed by atoms with E-state index in [1.54, 1.807) is 5.38 Å². The highest BCUT2D eigenvalue weighted by Gasteiger charge is 2.14. The number of nitrogens with zero attached hydrogens (tertiary/aromatic N) is 1. The van der Waals surface area contributed by atoms with Crippen LogP contribution in [-0.4, -0.2) is 10.9 Å². The first kappa shape index (κ1) is 16.3. The van der Waals surface area contributed by atoms with Gasteiger partial charge in [-0.05, 0) is 24.1 Å². The van der Waals surface area contributed by atoms with Crippen LogP contribution in [0.2, 0.25) is 0 Å². The minimum Gasteiger partial charge on any atom is -0.318 e. The molecule has 0 unspecified atom stereocenters. The van der Waals surface area contributed by atoms with E-state index in [1.165, 1.54) is 16.9 Å². The minimum atomic E-state index is -0.699. The van der Waals surface area contributed by atoms with Crippen LogP contribution >= 0.6 is 11.3 Å². The highest BCUT2D eigenvalue weighted by Crippen LogP contribution is 2.25. The molecule has 2 aromatic carbocycles. The van der Waals surface area contributed by atoms with Crippen molar-refractivity contribution >= 4 is 22.9 Å². The van der Waals surface area contributed by atoms with Gasteiger partial charge < -0.3 is 5.32 Å². The first-order chi connectivity index (χ1) is 11.6. The molecule has 24 heavy (non-hydrogen) atoms. The summed E-state index contributed by atoms with van der Waals surface area (Å²) in [7, 11) is 0. The monoisotopic (exact) mass is 344 g/mol. The van der Waals surface area contributed by atoms with Crippen molar-refractivity contribution in [3.05, 3.63) is 70.7 Å². The van der Waals surface area contributed by atoms with E-state index < -0.39 is 17.5 Å². The Balaban J connectivity index is 1.79. The molecule has 3 rings (SSSR count). The van der Waals surface area contributed by atoms with Gasteiger partial charge >= 0.3 is 0 Å². The van der Waals surface area contributed by atoms with Crippen molar-refractivity contribution in [2.75, 3.05) is 5.32 Å². The fraction of sp³-hybridized carbons (Fsp3) is 0.111. The molecule has 0 saturated carbocycles. The Labute approximate surface area is 142 Å². The van der Waals surface area contributed by atoms with E-state index in [9.17, 15) is 13.6 Å². The lowest BCUT2D eigenvalue weighted by Gasteiger charge is -2.04. The average molecular weight is 344 g/mol. The number of hydrogen-bond donors (Lipinski definition) is 1. The number of aryl methyl sites for hydroxylation is 1. The largest absolute Gasteiger partial charge is 0.318 e. The Morgan fingerprint density at radius 1 is 1.17 bits per heavy atom. The summed E-state index contributed by atoms with van der Waals surface area (Å²) in [5.74, 6) is -1.90. The summed E-state index contributed by atoms with van der Waals surface area (Å²) in [4.78, 5) is 16.4. The highest BCUT2D eigenvalue weighted by molar-refractivity contribution is 7.13. The maximum absolute atomic E-state index is 13.6. The zero-order valence-corrected chi connectivity index (χ0v) is 13.7. The second-order valence-corrected chi connectivity index (χ2v) is 6.02. The predicted octanol–water partition coefficient (Wildman–Crippen LogP) is 4.90. The van der Waals surface area contributed by atoms with Crippen LogP contribution in [0.25, 0.3) is 10.6 Å². The second kappa shape index (κ2) is 6.88. The van der Waals surface area contributed by atoms with Gasteiger partial charge in [-0.1, -0.05) is 31.2 Å². The van der Waals surface area contributed by atoms with E-state index in [0.717, 1.165) is 30.2 Å². The molecule has 0 atom stereocenters. The van der Waals surface area contributed by atoms with Gasteiger partial charge in [0, 0.05) is 17.0 Å². The summed E-state index contributed by atoms with van der Waals surface area (Å²) in [6, 6.07) is 10.8. The van der Waals surface area contributed by atoms with Gasteiger partial charge in [-0.3, -0.25) is 4.79 Å². The van der Waals surface area contributed by atoms with Crippen molar-refractivity contribution in [3.63, 3.8) is 0 Å². The molecule has 1 aromatic heterocycles. The number of anilines is 1. The van der Waals surface area contributed by atoms with E-state index >= 15 is 0 Å². The SMILES string of the molecule is CCc1ccc(-c2nc(C(=O)Nc3cc(F)ccc3F)cs2)cc1. The summed E-state index contributed by atoms with van der Waals surface area (Å²) in [5.41, 5.74) is 2.09. The predicted molar refractivity (Wildman–Crippen MR) is 91.2 cm³/mol. The van der Waals surface area contributed by atoms with E-state index in [-0.39, 0.29) is 11.4 Å². The second-order valence-electron chi connectivity index (χ2n) is 5.17. The van der Waals surface area contributed by atoms with E-state index in [0.29, 0.717) is 5.01 Å². The molecule has 3 nitrogen and oxygen atoms in total. The quantitative estimate of drug-likeness (QED) is 0.731. The number of rotatable bonds is 4. The third-order valence-electron chi connectivity index (χ3n) is 3.52. The summed E-state index contributed by atoms with van der Waals surface area (Å²) in [5, 5.41) is 4.63. The molecule has 0 aliphatic carbocycles. The van der Waals surface area contributed by atoms with Gasteiger partial charge in [0.15, 0.2) is 0 Å². The minimum absolute atomic E-state index is 0.165. The number of aromatic nitrogens is 1. The van der Waals surface area contributed by atoms with Crippen LogP contribution in [0.15, 0.2) is 47.8 Å². The lowest BCUT2D eigenvalue weighted by Crippen LogP contribution is -2.13. The molecule has 3 aromatic rings. The lowest BCUT2D eigenvalue weighted by atomic mass is 10.1. The van der Waals surface area contributed by atoms with Crippen molar-refractivity contribution < 1.29 is 13.6 Å². The summed E-state index contributed by atoms with van der Waals surface area (Å²) >= 11 is 1.32. The standard InChI is InChI=1S/C18H14F2N2OS/c1-2-11-3-5-12(6-4-11)18-22-16(10-24-18)17(23)21-15-9-13(19)7-8-14(15)20/h3-10H,2H2,1H3,(H,21,23). The molecule has 0 fully saturated rings. The number of thiazole rings is 1. The molecule has 122 valence electrons. The third kappa shape index (κ3) is 3.49. The van der Waals surface area contributed by atoms with E-state index in [1.807, 2.05) is 24.3 Å². The molecule has 0 radical (unpaired) electrons. The number of nitrogens with one attached hydrogen (secondary N) is 1. The number of benzene rings is 2. The zero-order valence-electron chi connectivity index (χ0n) is 12.8. The van der Waals surface area contributed by atoms with Crippen LogP contribution in [-0.2, 0) is 6.42 Å². The Morgan fingerprint density at radius 3 is 2.62 bits per heavy atom. The first-order valence-corrected chi connectivity index (χ1v) is 8.26. The molecule has 0 bridgehead atoms. The fourth-order valence-electron chi connectivity index (χ4n) is 2.17.